The number of aliphatic carboxylic acids is 1. The van der Waals surface area contributed by atoms with Crippen molar-refractivity contribution in [3.63, 3.8) is 0 Å². The number of carboxylic acids is 1. The highest BCUT2D eigenvalue weighted by molar-refractivity contribution is 7.15. The number of aromatic nitrogens is 2. The summed E-state index contributed by atoms with van der Waals surface area (Å²) in [5.41, 5.74) is 0.722. The number of hydrogen-bond donors (Lipinski definition) is 1. The summed E-state index contributed by atoms with van der Waals surface area (Å²) in [6, 6.07) is 2.30. The number of fused-ring (bicyclic) bond motifs is 1. The quantitative estimate of drug-likeness (QED) is 0.830. The molecule has 0 fully saturated rings. The molecule has 2 heterocycles. The molecule has 1 N–H and O–H groups in total. The molecule has 0 atom stereocenters. The van der Waals surface area contributed by atoms with E-state index >= 15 is 0 Å². The molecule has 0 aliphatic carbocycles. The van der Waals surface area contributed by atoms with E-state index in [9.17, 15) is 4.79 Å². The molecule has 0 aromatic carbocycles. The summed E-state index contributed by atoms with van der Waals surface area (Å²) in [5, 5.41) is 19.5. The van der Waals surface area contributed by atoms with Gasteiger partial charge in [0.1, 0.15) is 0 Å². The summed E-state index contributed by atoms with van der Waals surface area (Å²) in [6.07, 6.45) is 4.91. The van der Waals surface area contributed by atoms with Gasteiger partial charge in [0.25, 0.3) is 0 Å². The maximum Gasteiger partial charge on any atom is 0.328 e. The van der Waals surface area contributed by atoms with Crippen LogP contribution in [0, 0.1) is 11.3 Å². The first-order valence-electron chi connectivity index (χ1n) is 6.54. The first-order chi connectivity index (χ1) is 10.0. The maximum atomic E-state index is 10.8. The van der Waals surface area contributed by atoms with Crippen molar-refractivity contribution in [2.24, 2.45) is 0 Å². The molecule has 2 aromatic rings. The molecule has 0 saturated heterocycles. The Morgan fingerprint density at radius 2 is 2.43 bits per heavy atom. The van der Waals surface area contributed by atoms with Gasteiger partial charge in [0.05, 0.1) is 18.2 Å². The van der Waals surface area contributed by atoms with E-state index in [1.807, 2.05) is 34.7 Å². The van der Waals surface area contributed by atoms with Crippen LogP contribution in [0.25, 0.3) is 11.0 Å². The summed E-state index contributed by atoms with van der Waals surface area (Å²) < 4.78 is 1.86. The number of nitriles is 1. The van der Waals surface area contributed by atoms with Crippen LogP contribution in [0.4, 0.5) is 5.82 Å². The molecule has 0 radical (unpaired) electrons. The molecule has 0 unspecified atom stereocenters. The van der Waals surface area contributed by atoms with Crippen molar-refractivity contribution in [2.45, 2.75) is 26.3 Å². The molecule has 2 aromatic heterocycles. The highest BCUT2D eigenvalue weighted by atomic mass is 32.1. The van der Waals surface area contributed by atoms with Crippen molar-refractivity contribution >= 4 is 34.2 Å². The van der Waals surface area contributed by atoms with Gasteiger partial charge in [-0.25, -0.2) is 9.78 Å². The lowest BCUT2D eigenvalue weighted by Crippen LogP contribution is -2.32. The van der Waals surface area contributed by atoms with Gasteiger partial charge in [-0.05, 0) is 19.9 Å². The first kappa shape index (κ1) is 15.1. The van der Waals surface area contributed by atoms with Gasteiger partial charge in [-0.1, -0.05) is 0 Å². The predicted octanol–water partition coefficient (Wildman–Crippen LogP) is 2.62. The molecule has 0 amide bonds. The fourth-order valence-electron chi connectivity index (χ4n) is 2.09. The molecule has 0 aliphatic rings. The third-order valence-corrected chi connectivity index (χ3v) is 3.78. The monoisotopic (exact) mass is 304 g/mol. The third-order valence-electron chi connectivity index (χ3n) is 3.02. The Kier molecular flexibility index (Phi) is 4.60. The van der Waals surface area contributed by atoms with E-state index < -0.39 is 5.97 Å². The fourth-order valence-corrected chi connectivity index (χ4v) is 2.80. The molecule has 110 valence electrons. The summed E-state index contributed by atoms with van der Waals surface area (Å²) >= 11 is 1.49. The summed E-state index contributed by atoms with van der Waals surface area (Å²) in [4.78, 5) is 18.2. The van der Waals surface area contributed by atoms with Crippen molar-refractivity contribution < 1.29 is 9.90 Å². The Morgan fingerprint density at radius 1 is 1.67 bits per heavy atom. The van der Waals surface area contributed by atoms with E-state index in [-0.39, 0.29) is 6.04 Å². The molecule has 2 rings (SSSR count). The van der Waals surface area contributed by atoms with Crippen LogP contribution in [-0.4, -0.2) is 33.0 Å². The smallest absolute Gasteiger partial charge is 0.328 e. The predicted molar refractivity (Wildman–Crippen MR) is 82.5 cm³/mol. The molecule has 0 saturated carbocycles. The van der Waals surface area contributed by atoms with Gasteiger partial charge < -0.3 is 10.0 Å². The zero-order valence-corrected chi connectivity index (χ0v) is 12.7. The van der Waals surface area contributed by atoms with Gasteiger partial charge in [-0.2, -0.15) is 5.26 Å². The molecule has 6 nitrogen and oxygen atoms in total. The highest BCUT2D eigenvalue weighted by Gasteiger charge is 2.19. The van der Waals surface area contributed by atoms with E-state index in [1.165, 1.54) is 11.3 Å². The molecule has 7 heteroatoms. The van der Waals surface area contributed by atoms with Crippen molar-refractivity contribution in [1.29, 1.82) is 5.26 Å². The molecular weight excluding hydrogens is 288 g/mol. The average molecular weight is 304 g/mol. The van der Waals surface area contributed by atoms with Crippen LogP contribution in [0.2, 0.25) is 0 Å². The largest absolute Gasteiger partial charge is 0.478 e. The second-order valence-electron chi connectivity index (χ2n) is 4.74. The topological polar surface area (TPSA) is 81.6 Å². The molecule has 0 spiro atoms. The van der Waals surface area contributed by atoms with Crippen LogP contribution in [0.1, 0.15) is 26.0 Å². The molecule has 0 aliphatic heterocycles. The van der Waals surface area contributed by atoms with Crippen LogP contribution in [0.15, 0.2) is 17.7 Å². The van der Waals surface area contributed by atoms with Gasteiger partial charge in [-0.3, -0.25) is 4.40 Å². The zero-order chi connectivity index (χ0) is 15.4. The molecule has 21 heavy (non-hydrogen) atoms. The van der Waals surface area contributed by atoms with Gasteiger partial charge >= 0.3 is 5.97 Å². The fraction of sp³-hybridized carbons (Fsp3) is 0.357. The Balaban J connectivity index is 2.50. The SMILES string of the molecule is CC(C)N(CCC#N)c1nc2sccn2c1C=CC(=O)O. The van der Waals surface area contributed by atoms with Crippen molar-refractivity contribution in [3.05, 3.63) is 23.3 Å². The van der Waals surface area contributed by atoms with Crippen LogP contribution < -0.4 is 4.90 Å². The zero-order valence-electron chi connectivity index (χ0n) is 11.9. The van der Waals surface area contributed by atoms with Crippen LogP contribution in [-0.2, 0) is 4.79 Å². The Labute approximate surface area is 126 Å². The average Bonchev–Trinajstić information content (AvgIpc) is 2.97. The number of nitrogens with zero attached hydrogens (tertiary/aromatic N) is 4. The number of anilines is 1. The normalized spacial score (nSPS) is 11.3. The molecule has 0 bridgehead atoms. The summed E-state index contributed by atoms with van der Waals surface area (Å²) in [5.74, 6) is -0.288. The van der Waals surface area contributed by atoms with Crippen LogP contribution in [0.3, 0.4) is 0 Å². The lowest BCUT2D eigenvalue weighted by Gasteiger charge is -2.26. The second kappa shape index (κ2) is 6.41. The van der Waals surface area contributed by atoms with E-state index in [0.717, 1.165) is 16.7 Å². The van der Waals surface area contributed by atoms with E-state index in [2.05, 4.69) is 11.1 Å². The minimum absolute atomic E-state index is 0.167. The van der Waals surface area contributed by atoms with Gasteiger partial charge in [0.15, 0.2) is 10.8 Å². The molecular formula is C14H16N4O2S. The number of imidazole rings is 1. The standard InChI is InChI=1S/C14H16N4O2S/c1-10(2)17(7-3-6-15)13-11(4-5-12(19)20)18-8-9-21-14(18)16-13/h4-5,8-10H,3,7H2,1-2H3,(H,19,20). The Bertz CT molecular complexity index is 708. The van der Waals surface area contributed by atoms with Gasteiger partial charge in [0.2, 0.25) is 0 Å². The van der Waals surface area contributed by atoms with Gasteiger partial charge in [-0.15, -0.1) is 11.3 Å². The number of carbonyl (C=O) groups is 1. The summed E-state index contributed by atoms with van der Waals surface area (Å²) in [7, 11) is 0. The van der Waals surface area contributed by atoms with Crippen molar-refractivity contribution in [3.8, 4) is 6.07 Å². The van der Waals surface area contributed by atoms with Crippen molar-refractivity contribution in [1.82, 2.24) is 9.38 Å². The van der Waals surface area contributed by atoms with Gasteiger partial charge in [0, 0.05) is 30.2 Å². The van der Waals surface area contributed by atoms with E-state index in [1.54, 1.807) is 6.08 Å². The summed E-state index contributed by atoms with van der Waals surface area (Å²) in [6.45, 7) is 4.61. The Morgan fingerprint density at radius 3 is 3.05 bits per heavy atom. The number of rotatable bonds is 6. The van der Waals surface area contributed by atoms with E-state index in [0.29, 0.717) is 18.8 Å². The van der Waals surface area contributed by atoms with Crippen LogP contribution in [0.5, 0.6) is 0 Å². The third kappa shape index (κ3) is 3.23. The minimum Gasteiger partial charge on any atom is -0.478 e. The number of hydrogen-bond acceptors (Lipinski definition) is 5. The Hall–Kier alpha value is -2.33. The van der Waals surface area contributed by atoms with Crippen LogP contribution >= 0.6 is 11.3 Å². The lowest BCUT2D eigenvalue weighted by molar-refractivity contribution is -0.131. The second-order valence-corrected chi connectivity index (χ2v) is 5.62. The van der Waals surface area contributed by atoms with Crippen molar-refractivity contribution in [2.75, 3.05) is 11.4 Å². The number of thiazole rings is 1. The minimum atomic E-state index is -1.00. The first-order valence-corrected chi connectivity index (χ1v) is 7.42. The van der Waals surface area contributed by atoms with E-state index in [4.69, 9.17) is 10.4 Å². The highest BCUT2D eigenvalue weighted by Crippen LogP contribution is 2.27. The number of carboxylic acid groups (broad SMARTS) is 1. The lowest BCUT2D eigenvalue weighted by atomic mass is 10.2. The maximum absolute atomic E-state index is 10.8.